The van der Waals surface area contributed by atoms with Gasteiger partial charge >= 0.3 is 11.8 Å². The molecule has 0 heterocycles. The Balaban J connectivity index is 2.54. The summed E-state index contributed by atoms with van der Waals surface area (Å²) in [6.07, 6.45) is 0.842. The van der Waals surface area contributed by atoms with Crippen molar-refractivity contribution in [2.45, 2.75) is 27.2 Å². The lowest BCUT2D eigenvalue weighted by Gasteiger charge is -2.09. The van der Waals surface area contributed by atoms with Gasteiger partial charge in [0, 0.05) is 17.3 Å². The normalized spacial score (nSPS) is 10.4. The Kier molecular flexibility index (Phi) is 5.83. The van der Waals surface area contributed by atoms with E-state index in [1.54, 1.807) is 18.2 Å². The van der Waals surface area contributed by atoms with Crippen LogP contribution in [0.5, 0.6) is 0 Å². The summed E-state index contributed by atoms with van der Waals surface area (Å²) in [6.45, 7) is 6.45. The molecule has 19 heavy (non-hydrogen) atoms. The minimum absolute atomic E-state index is 0.485. The van der Waals surface area contributed by atoms with E-state index < -0.39 is 11.8 Å². The highest BCUT2D eigenvalue weighted by atomic mass is 35.5. The fourth-order valence-corrected chi connectivity index (χ4v) is 1.63. The van der Waals surface area contributed by atoms with Gasteiger partial charge in [0.1, 0.15) is 0 Å². The molecule has 1 aromatic carbocycles. The first-order chi connectivity index (χ1) is 8.90. The number of rotatable bonds is 4. The Bertz CT molecular complexity index is 473. The van der Waals surface area contributed by atoms with Crippen LogP contribution in [0, 0.1) is 12.8 Å². The van der Waals surface area contributed by atoms with Crippen molar-refractivity contribution in [1.29, 1.82) is 0 Å². The average molecular weight is 283 g/mol. The second kappa shape index (κ2) is 7.14. The number of hydrogen-bond acceptors (Lipinski definition) is 2. The van der Waals surface area contributed by atoms with Crippen LogP contribution in [-0.4, -0.2) is 18.4 Å². The second-order valence-electron chi connectivity index (χ2n) is 4.85. The summed E-state index contributed by atoms with van der Waals surface area (Å²) >= 11 is 5.85. The molecule has 1 aromatic rings. The summed E-state index contributed by atoms with van der Waals surface area (Å²) in [7, 11) is 0. The first-order valence-corrected chi connectivity index (χ1v) is 6.63. The number of carbonyl (C=O) groups excluding carboxylic acids is 2. The van der Waals surface area contributed by atoms with Crippen molar-refractivity contribution in [2.75, 3.05) is 11.9 Å². The highest BCUT2D eigenvalue weighted by Gasteiger charge is 2.14. The van der Waals surface area contributed by atoms with Gasteiger partial charge in [-0.05, 0) is 37.0 Å². The van der Waals surface area contributed by atoms with Crippen LogP contribution in [0.3, 0.4) is 0 Å². The quantitative estimate of drug-likeness (QED) is 0.834. The standard InChI is InChI=1S/C14H19ClN2O2/c1-9(2)6-7-16-13(18)14(19)17-12-8-11(15)5-4-10(12)3/h4-5,8-9H,6-7H2,1-3H3,(H,16,18)(H,17,19). The van der Waals surface area contributed by atoms with Crippen molar-refractivity contribution in [3.63, 3.8) is 0 Å². The summed E-state index contributed by atoms with van der Waals surface area (Å²) in [5.74, 6) is -0.812. The highest BCUT2D eigenvalue weighted by molar-refractivity contribution is 6.40. The summed E-state index contributed by atoms with van der Waals surface area (Å²) in [5.41, 5.74) is 1.41. The smallest absolute Gasteiger partial charge is 0.313 e. The van der Waals surface area contributed by atoms with E-state index in [2.05, 4.69) is 24.5 Å². The maximum Gasteiger partial charge on any atom is 0.313 e. The summed E-state index contributed by atoms with van der Waals surface area (Å²) in [6, 6.07) is 5.14. The lowest BCUT2D eigenvalue weighted by molar-refractivity contribution is -0.136. The molecule has 0 fully saturated rings. The van der Waals surface area contributed by atoms with Gasteiger partial charge in [0.15, 0.2) is 0 Å². The van der Waals surface area contributed by atoms with Crippen LogP contribution in [0.1, 0.15) is 25.8 Å². The molecule has 5 heteroatoms. The molecule has 0 aliphatic heterocycles. The molecule has 0 saturated heterocycles. The Labute approximate surface area is 118 Å². The van der Waals surface area contributed by atoms with Crippen molar-refractivity contribution >= 4 is 29.1 Å². The summed E-state index contributed by atoms with van der Waals surface area (Å²) in [4.78, 5) is 23.3. The first-order valence-electron chi connectivity index (χ1n) is 6.25. The fraction of sp³-hybridized carbons (Fsp3) is 0.429. The van der Waals surface area contributed by atoms with E-state index in [9.17, 15) is 9.59 Å². The molecule has 1 rings (SSSR count). The molecule has 2 amide bonds. The SMILES string of the molecule is Cc1ccc(Cl)cc1NC(=O)C(=O)NCCC(C)C. The first kappa shape index (κ1) is 15.5. The van der Waals surface area contributed by atoms with Gasteiger partial charge in [-0.3, -0.25) is 9.59 Å². The number of halogens is 1. The Morgan fingerprint density at radius 2 is 1.95 bits per heavy atom. The number of benzene rings is 1. The van der Waals surface area contributed by atoms with Crippen molar-refractivity contribution < 1.29 is 9.59 Å². The van der Waals surface area contributed by atoms with Gasteiger partial charge in [-0.1, -0.05) is 31.5 Å². The van der Waals surface area contributed by atoms with E-state index in [0.29, 0.717) is 23.2 Å². The topological polar surface area (TPSA) is 58.2 Å². The fourth-order valence-electron chi connectivity index (χ4n) is 1.46. The minimum atomic E-state index is -0.672. The van der Waals surface area contributed by atoms with Crippen LogP contribution in [0.25, 0.3) is 0 Å². The number of hydrogen-bond donors (Lipinski definition) is 2. The molecular weight excluding hydrogens is 264 g/mol. The number of amides is 2. The maximum absolute atomic E-state index is 11.7. The van der Waals surface area contributed by atoms with E-state index in [1.807, 2.05) is 6.92 Å². The maximum atomic E-state index is 11.7. The highest BCUT2D eigenvalue weighted by Crippen LogP contribution is 2.19. The predicted octanol–water partition coefficient (Wildman–Crippen LogP) is 2.75. The zero-order chi connectivity index (χ0) is 14.4. The number of carbonyl (C=O) groups is 2. The van der Waals surface area contributed by atoms with Gasteiger partial charge < -0.3 is 10.6 Å². The van der Waals surface area contributed by atoms with E-state index in [1.165, 1.54) is 0 Å². The molecule has 0 saturated carbocycles. The van der Waals surface area contributed by atoms with Crippen LogP contribution in [0.4, 0.5) is 5.69 Å². The molecule has 0 radical (unpaired) electrons. The Morgan fingerprint density at radius 1 is 1.26 bits per heavy atom. The Morgan fingerprint density at radius 3 is 2.58 bits per heavy atom. The van der Waals surface area contributed by atoms with E-state index >= 15 is 0 Å². The van der Waals surface area contributed by atoms with Gasteiger partial charge in [-0.2, -0.15) is 0 Å². The zero-order valence-electron chi connectivity index (χ0n) is 11.4. The molecule has 4 nitrogen and oxygen atoms in total. The molecule has 0 spiro atoms. The van der Waals surface area contributed by atoms with Gasteiger partial charge in [0.2, 0.25) is 0 Å². The lowest BCUT2D eigenvalue weighted by atomic mass is 10.1. The number of anilines is 1. The van der Waals surface area contributed by atoms with Crippen LogP contribution >= 0.6 is 11.6 Å². The van der Waals surface area contributed by atoms with E-state index in [4.69, 9.17) is 11.6 Å². The van der Waals surface area contributed by atoms with Crippen molar-refractivity contribution in [2.24, 2.45) is 5.92 Å². The lowest BCUT2D eigenvalue weighted by Crippen LogP contribution is -2.36. The monoisotopic (exact) mass is 282 g/mol. The van der Waals surface area contributed by atoms with Crippen LogP contribution < -0.4 is 10.6 Å². The molecule has 0 atom stereocenters. The number of aryl methyl sites for hydroxylation is 1. The second-order valence-corrected chi connectivity index (χ2v) is 5.29. The summed E-state index contributed by atoms with van der Waals surface area (Å²) < 4.78 is 0. The number of nitrogens with one attached hydrogen (secondary N) is 2. The van der Waals surface area contributed by atoms with E-state index in [-0.39, 0.29) is 0 Å². The van der Waals surface area contributed by atoms with Crippen molar-refractivity contribution in [1.82, 2.24) is 5.32 Å². The van der Waals surface area contributed by atoms with Gasteiger partial charge in [0.25, 0.3) is 0 Å². The molecule has 104 valence electrons. The van der Waals surface area contributed by atoms with E-state index in [0.717, 1.165) is 12.0 Å². The largest absolute Gasteiger partial charge is 0.348 e. The Hall–Kier alpha value is -1.55. The third kappa shape index (κ3) is 5.30. The molecular formula is C14H19ClN2O2. The molecule has 0 aromatic heterocycles. The molecule has 0 aliphatic carbocycles. The van der Waals surface area contributed by atoms with Gasteiger partial charge in [-0.15, -0.1) is 0 Å². The van der Waals surface area contributed by atoms with Crippen molar-refractivity contribution in [3.05, 3.63) is 28.8 Å². The molecule has 0 aliphatic rings. The van der Waals surface area contributed by atoms with Crippen LogP contribution in [-0.2, 0) is 9.59 Å². The van der Waals surface area contributed by atoms with Gasteiger partial charge in [0.05, 0.1) is 0 Å². The molecule has 0 bridgehead atoms. The average Bonchev–Trinajstić information content (AvgIpc) is 2.33. The molecule has 0 unspecified atom stereocenters. The minimum Gasteiger partial charge on any atom is -0.348 e. The van der Waals surface area contributed by atoms with Crippen LogP contribution in [0.15, 0.2) is 18.2 Å². The van der Waals surface area contributed by atoms with Crippen molar-refractivity contribution in [3.8, 4) is 0 Å². The summed E-state index contributed by atoms with van der Waals surface area (Å²) in [5, 5.41) is 5.65. The zero-order valence-corrected chi connectivity index (χ0v) is 12.2. The molecule has 2 N–H and O–H groups in total. The van der Waals surface area contributed by atoms with Crippen LogP contribution in [0.2, 0.25) is 5.02 Å². The third-order valence-electron chi connectivity index (χ3n) is 2.66. The third-order valence-corrected chi connectivity index (χ3v) is 2.90. The van der Waals surface area contributed by atoms with Gasteiger partial charge in [-0.25, -0.2) is 0 Å². The predicted molar refractivity (Wildman–Crippen MR) is 77.3 cm³/mol.